The molecule has 1 heterocycles. The Bertz CT molecular complexity index is 362. The van der Waals surface area contributed by atoms with Crippen LogP contribution < -0.4 is 5.46 Å². The van der Waals surface area contributed by atoms with Crippen LogP contribution >= 0.6 is 0 Å². The highest BCUT2D eigenvalue weighted by molar-refractivity contribution is 6.48. The molecule has 0 unspecified atom stereocenters. The summed E-state index contributed by atoms with van der Waals surface area (Å²) in [7, 11) is 1.64. The standard InChI is InChI=1S/C11H13BNO2/c1-11(2)8-14-10(13-11)15-12-9-6-4-3-5-7-9/h3-7H,8H2,1-2H3. The van der Waals surface area contributed by atoms with Crippen LogP contribution in [0.25, 0.3) is 0 Å². The maximum absolute atomic E-state index is 5.33. The van der Waals surface area contributed by atoms with E-state index in [2.05, 4.69) is 4.99 Å². The SMILES string of the molecule is CC1(C)COC(O[B]c2ccccc2)=N1. The smallest absolute Gasteiger partial charge is 0.415 e. The monoisotopic (exact) mass is 202 g/mol. The van der Waals surface area contributed by atoms with Crippen LogP contribution in [0.2, 0.25) is 0 Å². The van der Waals surface area contributed by atoms with E-state index in [0.717, 1.165) is 5.46 Å². The van der Waals surface area contributed by atoms with Crippen molar-refractivity contribution >= 4 is 19.0 Å². The number of aliphatic imine (C=N–C) groups is 1. The first-order chi connectivity index (χ1) is 7.16. The lowest BCUT2D eigenvalue weighted by atomic mass is 9.88. The zero-order chi connectivity index (χ0) is 10.7. The molecule has 1 aromatic carbocycles. The van der Waals surface area contributed by atoms with E-state index in [1.54, 1.807) is 7.48 Å². The average Bonchev–Trinajstić information content (AvgIpc) is 2.57. The first-order valence-corrected chi connectivity index (χ1v) is 4.93. The number of nitrogens with zero attached hydrogens (tertiary/aromatic N) is 1. The minimum absolute atomic E-state index is 0.167. The number of ether oxygens (including phenoxy) is 1. The van der Waals surface area contributed by atoms with Crippen molar-refractivity contribution in [3.8, 4) is 0 Å². The fraction of sp³-hybridized carbons (Fsp3) is 0.364. The van der Waals surface area contributed by atoms with Crippen LogP contribution in [0.15, 0.2) is 35.3 Å². The zero-order valence-electron chi connectivity index (χ0n) is 8.93. The molecule has 77 valence electrons. The molecule has 0 fully saturated rings. The molecule has 3 nitrogen and oxygen atoms in total. The first kappa shape index (κ1) is 10.1. The van der Waals surface area contributed by atoms with Crippen molar-refractivity contribution in [3.63, 3.8) is 0 Å². The molecule has 0 saturated carbocycles. The summed E-state index contributed by atoms with van der Waals surface area (Å²) < 4.78 is 10.6. The molecule has 0 amide bonds. The largest absolute Gasteiger partial charge is 0.519 e. The van der Waals surface area contributed by atoms with Crippen molar-refractivity contribution in [2.24, 2.45) is 4.99 Å². The van der Waals surface area contributed by atoms with E-state index in [9.17, 15) is 0 Å². The Labute approximate surface area is 90.4 Å². The van der Waals surface area contributed by atoms with E-state index in [4.69, 9.17) is 9.39 Å². The van der Waals surface area contributed by atoms with Gasteiger partial charge in [0.1, 0.15) is 6.61 Å². The van der Waals surface area contributed by atoms with Gasteiger partial charge in [-0.1, -0.05) is 30.3 Å². The van der Waals surface area contributed by atoms with Crippen molar-refractivity contribution in [3.05, 3.63) is 30.3 Å². The fourth-order valence-corrected chi connectivity index (χ4v) is 1.26. The second-order valence-electron chi connectivity index (χ2n) is 4.13. The molecule has 1 aliphatic heterocycles. The van der Waals surface area contributed by atoms with E-state index >= 15 is 0 Å². The topological polar surface area (TPSA) is 30.8 Å². The van der Waals surface area contributed by atoms with Gasteiger partial charge in [0.05, 0.1) is 5.54 Å². The minimum atomic E-state index is -0.167. The van der Waals surface area contributed by atoms with Crippen molar-refractivity contribution in [2.45, 2.75) is 19.4 Å². The van der Waals surface area contributed by atoms with Gasteiger partial charge in [0.2, 0.25) is 0 Å². The van der Waals surface area contributed by atoms with Crippen LogP contribution in [0.3, 0.4) is 0 Å². The summed E-state index contributed by atoms with van der Waals surface area (Å²) in [6.07, 6.45) is 0.351. The highest BCUT2D eigenvalue weighted by atomic mass is 16.7. The van der Waals surface area contributed by atoms with Crippen molar-refractivity contribution in [2.75, 3.05) is 6.61 Å². The minimum Gasteiger partial charge on any atom is -0.519 e. The third-order valence-corrected chi connectivity index (χ3v) is 2.04. The molecule has 0 saturated heterocycles. The summed E-state index contributed by atoms with van der Waals surface area (Å²) in [5, 5.41) is 0. The third kappa shape index (κ3) is 2.75. The lowest BCUT2D eigenvalue weighted by Crippen LogP contribution is -2.20. The Kier molecular flexibility index (Phi) is 2.67. The molecule has 4 heteroatoms. The molecule has 2 rings (SSSR count). The zero-order valence-corrected chi connectivity index (χ0v) is 8.93. The second-order valence-corrected chi connectivity index (χ2v) is 4.13. The Balaban J connectivity index is 1.90. The Hall–Kier alpha value is -1.45. The summed E-state index contributed by atoms with van der Waals surface area (Å²) in [6.45, 7) is 4.59. The van der Waals surface area contributed by atoms with Crippen LogP contribution in [-0.4, -0.2) is 25.7 Å². The normalized spacial score (nSPS) is 17.9. The van der Waals surface area contributed by atoms with E-state index in [-0.39, 0.29) is 5.54 Å². The first-order valence-electron chi connectivity index (χ1n) is 4.93. The van der Waals surface area contributed by atoms with Gasteiger partial charge in [-0.05, 0) is 19.3 Å². The van der Waals surface area contributed by atoms with E-state index in [1.807, 2.05) is 44.2 Å². The Morgan fingerprint density at radius 1 is 1.33 bits per heavy atom. The maximum Gasteiger partial charge on any atom is 0.415 e. The summed E-state index contributed by atoms with van der Waals surface area (Å²) in [4.78, 5) is 4.28. The molecular weight excluding hydrogens is 189 g/mol. The van der Waals surface area contributed by atoms with Gasteiger partial charge in [0, 0.05) is 0 Å². The molecule has 1 aromatic rings. The third-order valence-electron chi connectivity index (χ3n) is 2.04. The van der Waals surface area contributed by atoms with Crippen LogP contribution in [0.4, 0.5) is 0 Å². The maximum atomic E-state index is 5.33. The molecule has 0 aromatic heterocycles. The highest BCUT2D eigenvalue weighted by Gasteiger charge is 2.27. The number of benzene rings is 1. The number of hydrogen-bond donors (Lipinski definition) is 0. The van der Waals surface area contributed by atoms with Crippen molar-refractivity contribution in [1.29, 1.82) is 0 Å². The van der Waals surface area contributed by atoms with Crippen LogP contribution in [0.1, 0.15) is 13.8 Å². The number of rotatable bonds is 2. The average molecular weight is 202 g/mol. The molecule has 1 aliphatic rings. The molecule has 0 atom stereocenters. The molecule has 15 heavy (non-hydrogen) atoms. The van der Waals surface area contributed by atoms with Crippen molar-refractivity contribution < 1.29 is 9.39 Å². The molecule has 1 radical (unpaired) electrons. The summed E-state index contributed by atoms with van der Waals surface area (Å²) in [6, 6.07) is 9.79. The van der Waals surface area contributed by atoms with Gasteiger partial charge < -0.3 is 9.39 Å². The van der Waals surface area contributed by atoms with Crippen LogP contribution in [-0.2, 0) is 9.39 Å². The highest BCUT2D eigenvalue weighted by Crippen LogP contribution is 2.16. The Morgan fingerprint density at radius 3 is 2.67 bits per heavy atom. The van der Waals surface area contributed by atoms with E-state index < -0.39 is 0 Å². The second kappa shape index (κ2) is 3.97. The molecule has 0 bridgehead atoms. The summed E-state index contributed by atoms with van der Waals surface area (Å²) >= 11 is 0. The Morgan fingerprint density at radius 2 is 2.07 bits per heavy atom. The van der Waals surface area contributed by atoms with Gasteiger partial charge in [-0.2, -0.15) is 0 Å². The van der Waals surface area contributed by atoms with Crippen LogP contribution in [0.5, 0.6) is 0 Å². The van der Waals surface area contributed by atoms with Gasteiger partial charge >= 0.3 is 13.6 Å². The lowest BCUT2D eigenvalue weighted by Gasteiger charge is -2.07. The molecular formula is C11H13BNO2. The molecule has 0 aliphatic carbocycles. The summed E-state index contributed by atoms with van der Waals surface area (Å²) in [5.74, 6) is 0. The van der Waals surface area contributed by atoms with Crippen molar-refractivity contribution in [1.82, 2.24) is 0 Å². The summed E-state index contributed by atoms with van der Waals surface area (Å²) in [5.41, 5.74) is 0.827. The lowest BCUT2D eigenvalue weighted by molar-refractivity contribution is 0.239. The van der Waals surface area contributed by atoms with Gasteiger partial charge in [-0.25, -0.2) is 4.99 Å². The number of hydrogen-bond acceptors (Lipinski definition) is 3. The molecule has 0 N–H and O–H groups in total. The van der Waals surface area contributed by atoms with Gasteiger partial charge in [0.25, 0.3) is 0 Å². The van der Waals surface area contributed by atoms with Gasteiger partial charge in [0.15, 0.2) is 0 Å². The predicted octanol–water partition coefficient (Wildman–Crippen LogP) is 1.11. The fourth-order valence-electron chi connectivity index (χ4n) is 1.26. The van der Waals surface area contributed by atoms with Crippen LogP contribution in [0, 0.1) is 0 Å². The van der Waals surface area contributed by atoms with E-state index in [1.165, 1.54) is 0 Å². The predicted molar refractivity (Wildman–Crippen MR) is 60.4 cm³/mol. The van der Waals surface area contributed by atoms with Gasteiger partial charge in [-0.15, -0.1) is 0 Å². The van der Waals surface area contributed by atoms with E-state index in [0.29, 0.717) is 12.7 Å². The quantitative estimate of drug-likeness (QED) is 0.672. The van der Waals surface area contributed by atoms with Gasteiger partial charge in [-0.3, -0.25) is 0 Å². The molecule has 0 spiro atoms.